The van der Waals surface area contributed by atoms with Gasteiger partial charge in [-0.2, -0.15) is 0 Å². The lowest BCUT2D eigenvalue weighted by atomic mass is 10.1. The van der Waals surface area contributed by atoms with Gasteiger partial charge in [0, 0.05) is 4.47 Å². The first kappa shape index (κ1) is 14.7. The fourth-order valence-electron chi connectivity index (χ4n) is 1.73. The molecule has 0 saturated carbocycles. The van der Waals surface area contributed by atoms with Crippen LogP contribution in [-0.4, -0.2) is 5.91 Å². The zero-order valence-electron chi connectivity index (χ0n) is 10.9. The van der Waals surface area contributed by atoms with Crippen molar-refractivity contribution in [3.8, 4) is 0 Å². The van der Waals surface area contributed by atoms with E-state index in [-0.39, 0.29) is 11.7 Å². The van der Waals surface area contributed by atoms with Gasteiger partial charge in [-0.3, -0.25) is 4.79 Å². The van der Waals surface area contributed by atoms with Crippen LogP contribution in [0.1, 0.15) is 17.2 Å². The van der Waals surface area contributed by atoms with Gasteiger partial charge in [0.25, 0.3) is 0 Å². The lowest BCUT2D eigenvalue weighted by Gasteiger charge is -2.14. The maximum atomic E-state index is 13.0. The van der Waals surface area contributed by atoms with E-state index in [4.69, 9.17) is 5.73 Å². The average molecular weight is 337 g/mol. The van der Waals surface area contributed by atoms with Crippen LogP contribution >= 0.6 is 15.9 Å². The van der Waals surface area contributed by atoms with Gasteiger partial charge in [0.1, 0.15) is 11.9 Å². The summed E-state index contributed by atoms with van der Waals surface area (Å²) < 4.78 is 13.5. The second kappa shape index (κ2) is 6.15. The summed E-state index contributed by atoms with van der Waals surface area (Å²) in [6.45, 7) is 1.96. The first-order chi connectivity index (χ1) is 9.47. The predicted molar refractivity (Wildman–Crippen MR) is 80.8 cm³/mol. The zero-order chi connectivity index (χ0) is 14.7. The van der Waals surface area contributed by atoms with E-state index in [0.717, 1.165) is 11.1 Å². The van der Waals surface area contributed by atoms with Gasteiger partial charge in [-0.15, -0.1) is 0 Å². The standard InChI is InChI=1S/C15H14BrFN2O/c1-9-2-4-10(5-3-9)14(18)15(20)19-13-7-6-11(17)8-12(13)16/h2-8,14H,18H2,1H3,(H,19,20). The van der Waals surface area contributed by atoms with Crippen molar-refractivity contribution in [1.82, 2.24) is 0 Å². The molecule has 3 nitrogen and oxygen atoms in total. The van der Waals surface area contributed by atoms with Crippen molar-refractivity contribution in [3.05, 3.63) is 63.9 Å². The maximum absolute atomic E-state index is 13.0. The van der Waals surface area contributed by atoms with E-state index in [9.17, 15) is 9.18 Å². The Labute approximate surface area is 125 Å². The first-order valence-corrected chi connectivity index (χ1v) is 6.85. The van der Waals surface area contributed by atoms with Crippen molar-refractivity contribution in [1.29, 1.82) is 0 Å². The van der Waals surface area contributed by atoms with E-state index in [0.29, 0.717) is 10.2 Å². The van der Waals surface area contributed by atoms with Crippen molar-refractivity contribution in [2.45, 2.75) is 13.0 Å². The highest BCUT2D eigenvalue weighted by molar-refractivity contribution is 9.10. The van der Waals surface area contributed by atoms with Crippen LogP contribution in [0.15, 0.2) is 46.9 Å². The third-order valence-electron chi connectivity index (χ3n) is 2.91. The molecule has 2 aromatic rings. The highest BCUT2D eigenvalue weighted by Crippen LogP contribution is 2.24. The van der Waals surface area contributed by atoms with E-state index in [1.165, 1.54) is 18.2 Å². The van der Waals surface area contributed by atoms with Crippen molar-refractivity contribution in [3.63, 3.8) is 0 Å². The fourth-order valence-corrected chi connectivity index (χ4v) is 2.18. The summed E-state index contributed by atoms with van der Waals surface area (Å²) in [5, 5.41) is 2.67. The summed E-state index contributed by atoms with van der Waals surface area (Å²) in [7, 11) is 0. The highest BCUT2D eigenvalue weighted by Gasteiger charge is 2.16. The normalized spacial score (nSPS) is 12.0. The maximum Gasteiger partial charge on any atom is 0.245 e. The van der Waals surface area contributed by atoms with Gasteiger partial charge in [-0.25, -0.2) is 4.39 Å². The summed E-state index contributed by atoms with van der Waals surface area (Å²) in [5.74, 6) is -0.723. The van der Waals surface area contributed by atoms with E-state index >= 15 is 0 Å². The second-order valence-corrected chi connectivity index (χ2v) is 5.36. The number of benzene rings is 2. The van der Waals surface area contributed by atoms with Gasteiger partial charge in [0.05, 0.1) is 5.69 Å². The number of anilines is 1. The van der Waals surface area contributed by atoms with Gasteiger partial charge in [-0.05, 0) is 46.6 Å². The number of nitrogens with two attached hydrogens (primary N) is 1. The van der Waals surface area contributed by atoms with Crippen molar-refractivity contribution < 1.29 is 9.18 Å². The Balaban J connectivity index is 2.13. The molecule has 5 heteroatoms. The van der Waals surface area contributed by atoms with Crippen LogP contribution < -0.4 is 11.1 Å². The summed E-state index contributed by atoms with van der Waals surface area (Å²) >= 11 is 3.19. The second-order valence-electron chi connectivity index (χ2n) is 4.50. The number of nitrogens with one attached hydrogen (secondary N) is 1. The number of aryl methyl sites for hydroxylation is 1. The Hall–Kier alpha value is -1.72. The van der Waals surface area contributed by atoms with Gasteiger partial charge < -0.3 is 11.1 Å². The lowest BCUT2D eigenvalue weighted by molar-refractivity contribution is -0.117. The molecule has 1 atom stereocenters. The van der Waals surface area contributed by atoms with Gasteiger partial charge >= 0.3 is 0 Å². The summed E-state index contributed by atoms with van der Waals surface area (Å²) in [5.41, 5.74) is 8.23. The van der Waals surface area contributed by atoms with Crippen LogP contribution in [0.4, 0.5) is 10.1 Å². The van der Waals surface area contributed by atoms with E-state index in [1.807, 2.05) is 31.2 Å². The minimum atomic E-state index is -0.771. The van der Waals surface area contributed by atoms with E-state index in [2.05, 4.69) is 21.2 Å². The molecule has 0 heterocycles. The molecular weight excluding hydrogens is 323 g/mol. The summed E-state index contributed by atoms with van der Waals surface area (Å²) in [6, 6.07) is 10.7. The molecule has 0 aliphatic heterocycles. The third kappa shape index (κ3) is 3.43. The fraction of sp³-hybridized carbons (Fsp3) is 0.133. The van der Waals surface area contributed by atoms with Crippen LogP contribution in [-0.2, 0) is 4.79 Å². The molecule has 0 aliphatic rings. The molecule has 20 heavy (non-hydrogen) atoms. The molecule has 0 aliphatic carbocycles. The van der Waals surface area contributed by atoms with Gasteiger partial charge in [-0.1, -0.05) is 29.8 Å². The number of hydrogen-bond acceptors (Lipinski definition) is 2. The molecule has 0 spiro atoms. The highest BCUT2D eigenvalue weighted by atomic mass is 79.9. The molecule has 1 unspecified atom stereocenters. The Bertz CT molecular complexity index is 628. The topological polar surface area (TPSA) is 55.1 Å². The van der Waals surface area contributed by atoms with Crippen LogP contribution in [0.3, 0.4) is 0 Å². The number of carbonyl (C=O) groups excluding carboxylic acids is 1. The monoisotopic (exact) mass is 336 g/mol. The number of hydrogen-bond donors (Lipinski definition) is 2. The Kier molecular flexibility index (Phi) is 4.52. The average Bonchev–Trinajstić information content (AvgIpc) is 2.42. The molecule has 0 fully saturated rings. The largest absolute Gasteiger partial charge is 0.323 e. The van der Waals surface area contributed by atoms with Crippen molar-refractivity contribution >= 4 is 27.5 Å². The Morgan fingerprint density at radius 3 is 2.50 bits per heavy atom. The van der Waals surface area contributed by atoms with Crippen LogP contribution in [0, 0.1) is 12.7 Å². The molecule has 2 rings (SSSR count). The number of halogens is 2. The van der Waals surface area contributed by atoms with E-state index < -0.39 is 6.04 Å². The SMILES string of the molecule is Cc1ccc(C(N)C(=O)Nc2ccc(F)cc2Br)cc1. The molecule has 1 amide bonds. The summed E-state index contributed by atoms with van der Waals surface area (Å²) in [4.78, 5) is 12.1. The van der Waals surface area contributed by atoms with Gasteiger partial charge in [0.2, 0.25) is 5.91 Å². The molecule has 0 radical (unpaired) electrons. The smallest absolute Gasteiger partial charge is 0.245 e. The van der Waals surface area contributed by atoms with Crippen molar-refractivity contribution in [2.24, 2.45) is 5.73 Å². The quantitative estimate of drug-likeness (QED) is 0.900. The number of amides is 1. The van der Waals surface area contributed by atoms with Crippen LogP contribution in [0.2, 0.25) is 0 Å². The minimum absolute atomic E-state index is 0.346. The molecule has 104 valence electrons. The number of carbonyl (C=O) groups is 1. The molecule has 0 bridgehead atoms. The summed E-state index contributed by atoms with van der Waals surface area (Å²) in [6.07, 6.45) is 0. The van der Waals surface area contributed by atoms with Crippen molar-refractivity contribution in [2.75, 3.05) is 5.32 Å². The van der Waals surface area contributed by atoms with E-state index in [1.54, 1.807) is 0 Å². The molecule has 3 N–H and O–H groups in total. The lowest BCUT2D eigenvalue weighted by Crippen LogP contribution is -2.27. The Morgan fingerprint density at radius 1 is 1.25 bits per heavy atom. The van der Waals surface area contributed by atoms with Gasteiger partial charge in [0.15, 0.2) is 0 Å². The Morgan fingerprint density at radius 2 is 1.90 bits per heavy atom. The first-order valence-electron chi connectivity index (χ1n) is 6.05. The van der Waals surface area contributed by atoms with Crippen LogP contribution in [0.5, 0.6) is 0 Å². The molecular formula is C15H14BrFN2O. The zero-order valence-corrected chi connectivity index (χ0v) is 12.4. The molecule has 0 saturated heterocycles. The molecule has 2 aromatic carbocycles. The predicted octanol–water partition coefficient (Wildman–Crippen LogP) is 3.54. The third-order valence-corrected chi connectivity index (χ3v) is 3.56. The molecule has 0 aromatic heterocycles. The number of rotatable bonds is 3. The minimum Gasteiger partial charge on any atom is -0.323 e. The van der Waals surface area contributed by atoms with Crippen LogP contribution in [0.25, 0.3) is 0 Å².